The Labute approximate surface area is 156 Å². The zero-order chi connectivity index (χ0) is 16.1. The second-order valence-electron chi connectivity index (χ2n) is 6.74. The summed E-state index contributed by atoms with van der Waals surface area (Å²) in [6.07, 6.45) is 2.90. The number of nitrogens with one attached hydrogen (secondary N) is 1. The summed E-state index contributed by atoms with van der Waals surface area (Å²) in [5.41, 5.74) is 1.44. The van der Waals surface area contributed by atoms with Crippen molar-refractivity contribution in [1.82, 2.24) is 10.2 Å². The fourth-order valence-corrected chi connectivity index (χ4v) is 4.85. The Hall–Kier alpha value is -0.710. The Morgan fingerprint density at radius 3 is 2.79 bits per heavy atom. The quantitative estimate of drug-likeness (QED) is 0.882. The molecule has 3 unspecified atom stereocenters. The Morgan fingerprint density at radius 1 is 1.33 bits per heavy atom. The van der Waals surface area contributed by atoms with Crippen molar-refractivity contribution in [1.29, 1.82) is 0 Å². The maximum Gasteiger partial charge on any atom is 0.224 e. The molecule has 2 saturated heterocycles. The van der Waals surface area contributed by atoms with Crippen molar-refractivity contribution in [2.45, 2.75) is 38.1 Å². The number of amides is 1. The minimum Gasteiger partial charge on any atom is -0.342 e. The summed E-state index contributed by atoms with van der Waals surface area (Å²) in [5, 5.41) is 3.48. The van der Waals surface area contributed by atoms with E-state index in [1.54, 1.807) is 0 Å². The SMILES string of the molecule is CCC1CN(C(=O)CC2CSCCN2)CCC1c1ccccc1.Cl. The molecule has 2 aliphatic rings. The molecule has 1 N–H and O–H groups in total. The van der Waals surface area contributed by atoms with Gasteiger partial charge in [0.2, 0.25) is 5.91 Å². The first-order chi connectivity index (χ1) is 11.3. The molecular weight excluding hydrogens is 340 g/mol. The van der Waals surface area contributed by atoms with Gasteiger partial charge >= 0.3 is 0 Å². The van der Waals surface area contributed by atoms with Gasteiger partial charge in [0.05, 0.1) is 0 Å². The van der Waals surface area contributed by atoms with E-state index in [0.29, 0.717) is 30.2 Å². The zero-order valence-corrected chi connectivity index (χ0v) is 16.1. The Kier molecular flexibility index (Phi) is 7.92. The molecule has 2 heterocycles. The molecule has 0 radical (unpaired) electrons. The Morgan fingerprint density at radius 2 is 2.12 bits per heavy atom. The van der Waals surface area contributed by atoms with Crippen LogP contribution in [0, 0.1) is 5.92 Å². The van der Waals surface area contributed by atoms with Crippen molar-refractivity contribution in [3.63, 3.8) is 0 Å². The fourth-order valence-electron chi connectivity index (χ4n) is 3.90. The molecule has 0 saturated carbocycles. The van der Waals surface area contributed by atoms with Crippen molar-refractivity contribution in [3.05, 3.63) is 35.9 Å². The van der Waals surface area contributed by atoms with Crippen LogP contribution >= 0.6 is 24.2 Å². The van der Waals surface area contributed by atoms with E-state index in [1.807, 2.05) is 11.8 Å². The van der Waals surface area contributed by atoms with Crippen molar-refractivity contribution in [2.75, 3.05) is 31.1 Å². The number of carbonyl (C=O) groups excluding carboxylic acids is 1. The van der Waals surface area contributed by atoms with E-state index in [-0.39, 0.29) is 12.4 Å². The largest absolute Gasteiger partial charge is 0.342 e. The van der Waals surface area contributed by atoms with Gasteiger partial charge in [-0.25, -0.2) is 0 Å². The van der Waals surface area contributed by atoms with E-state index in [2.05, 4.69) is 47.5 Å². The first-order valence-corrected chi connectivity index (χ1v) is 10.1. The lowest BCUT2D eigenvalue weighted by molar-refractivity contribution is -0.133. The first kappa shape index (κ1) is 19.6. The van der Waals surface area contributed by atoms with Gasteiger partial charge in [0, 0.05) is 43.6 Å². The molecular formula is C19H29ClN2OS. The van der Waals surface area contributed by atoms with Crippen LogP contribution in [0.25, 0.3) is 0 Å². The molecule has 1 aromatic rings. The predicted octanol–water partition coefficient (Wildman–Crippen LogP) is 3.55. The number of carbonyl (C=O) groups is 1. The minimum atomic E-state index is 0. The number of rotatable bonds is 4. The lowest BCUT2D eigenvalue weighted by Gasteiger charge is -2.39. The van der Waals surface area contributed by atoms with Crippen LogP contribution in [0.3, 0.4) is 0 Å². The van der Waals surface area contributed by atoms with Gasteiger partial charge < -0.3 is 10.2 Å². The highest BCUT2D eigenvalue weighted by molar-refractivity contribution is 7.99. The third-order valence-electron chi connectivity index (χ3n) is 5.26. The predicted molar refractivity (Wildman–Crippen MR) is 105 cm³/mol. The minimum absolute atomic E-state index is 0. The number of hydrogen-bond acceptors (Lipinski definition) is 3. The molecule has 2 fully saturated rings. The van der Waals surface area contributed by atoms with E-state index >= 15 is 0 Å². The molecule has 24 heavy (non-hydrogen) atoms. The smallest absolute Gasteiger partial charge is 0.224 e. The van der Waals surface area contributed by atoms with Crippen LogP contribution in [0.15, 0.2) is 30.3 Å². The van der Waals surface area contributed by atoms with Crippen molar-refractivity contribution in [2.24, 2.45) is 5.92 Å². The number of thioether (sulfide) groups is 1. The van der Waals surface area contributed by atoms with E-state index in [1.165, 1.54) is 11.3 Å². The molecule has 5 heteroatoms. The normalized spacial score (nSPS) is 27.4. The van der Waals surface area contributed by atoms with Crippen LogP contribution in [0.5, 0.6) is 0 Å². The van der Waals surface area contributed by atoms with Gasteiger partial charge in [-0.3, -0.25) is 4.79 Å². The molecule has 3 rings (SSSR count). The van der Waals surface area contributed by atoms with Crippen molar-refractivity contribution < 1.29 is 4.79 Å². The van der Waals surface area contributed by atoms with Crippen LogP contribution in [0.4, 0.5) is 0 Å². The summed E-state index contributed by atoms with van der Waals surface area (Å²) in [6, 6.07) is 11.2. The third-order valence-corrected chi connectivity index (χ3v) is 6.39. The van der Waals surface area contributed by atoms with Crippen molar-refractivity contribution in [3.8, 4) is 0 Å². The fraction of sp³-hybridized carbons (Fsp3) is 0.632. The number of piperidine rings is 1. The van der Waals surface area contributed by atoms with E-state index in [0.717, 1.165) is 38.2 Å². The van der Waals surface area contributed by atoms with Gasteiger partial charge in [-0.15, -0.1) is 12.4 Å². The van der Waals surface area contributed by atoms with E-state index < -0.39 is 0 Å². The summed E-state index contributed by atoms with van der Waals surface area (Å²) in [7, 11) is 0. The summed E-state index contributed by atoms with van der Waals surface area (Å²) in [5.74, 6) is 3.78. The third kappa shape index (κ3) is 4.90. The summed E-state index contributed by atoms with van der Waals surface area (Å²) >= 11 is 1.96. The van der Waals surface area contributed by atoms with Gasteiger partial charge in [0.25, 0.3) is 0 Å². The van der Waals surface area contributed by atoms with E-state index in [9.17, 15) is 4.79 Å². The maximum absolute atomic E-state index is 12.6. The number of benzene rings is 1. The number of nitrogens with zero attached hydrogens (tertiary/aromatic N) is 1. The molecule has 3 nitrogen and oxygen atoms in total. The highest BCUT2D eigenvalue weighted by atomic mass is 35.5. The highest BCUT2D eigenvalue weighted by Crippen LogP contribution is 2.35. The molecule has 3 atom stereocenters. The number of hydrogen-bond donors (Lipinski definition) is 1. The molecule has 0 spiro atoms. The standard InChI is InChI=1S/C19H28N2OS.ClH/c1-2-15-13-21(19(22)12-17-14-23-11-9-20-17)10-8-18(15)16-6-4-3-5-7-16;/h3-7,15,17-18,20H,2,8-14H2,1H3;1H. The van der Waals surface area contributed by atoms with Crippen LogP contribution < -0.4 is 5.32 Å². The average Bonchev–Trinajstić information content (AvgIpc) is 2.62. The molecule has 134 valence electrons. The zero-order valence-electron chi connectivity index (χ0n) is 14.4. The van der Waals surface area contributed by atoms with Gasteiger partial charge in [-0.2, -0.15) is 11.8 Å². The Bertz CT molecular complexity index is 507. The van der Waals surface area contributed by atoms with Gasteiger partial charge in [0.1, 0.15) is 0 Å². The van der Waals surface area contributed by atoms with Gasteiger partial charge in [0.15, 0.2) is 0 Å². The maximum atomic E-state index is 12.6. The second-order valence-corrected chi connectivity index (χ2v) is 7.89. The lowest BCUT2D eigenvalue weighted by Crippen LogP contribution is -2.46. The van der Waals surface area contributed by atoms with Crippen LogP contribution in [-0.2, 0) is 4.79 Å². The average molecular weight is 369 g/mol. The van der Waals surface area contributed by atoms with Crippen LogP contribution in [0.1, 0.15) is 37.7 Å². The number of halogens is 1. The monoisotopic (exact) mass is 368 g/mol. The Balaban J connectivity index is 0.00000208. The van der Waals surface area contributed by atoms with Crippen LogP contribution in [-0.4, -0.2) is 48.0 Å². The van der Waals surface area contributed by atoms with Crippen LogP contribution in [0.2, 0.25) is 0 Å². The molecule has 0 aromatic heterocycles. The second kappa shape index (κ2) is 9.69. The lowest BCUT2D eigenvalue weighted by atomic mass is 9.79. The molecule has 0 bridgehead atoms. The molecule has 1 aromatic carbocycles. The summed E-state index contributed by atoms with van der Waals surface area (Å²) in [6.45, 7) is 5.13. The van der Waals surface area contributed by atoms with Gasteiger partial charge in [-0.05, 0) is 23.8 Å². The van der Waals surface area contributed by atoms with Crippen molar-refractivity contribution >= 4 is 30.1 Å². The van der Waals surface area contributed by atoms with E-state index in [4.69, 9.17) is 0 Å². The summed E-state index contributed by atoms with van der Waals surface area (Å²) < 4.78 is 0. The first-order valence-electron chi connectivity index (χ1n) is 8.91. The topological polar surface area (TPSA) is 32.3 Å². The summed E-state index contributed by atoms with van der Waals surface area (Å²) in [4.78, 5) is 14.8. The molecule has 2 aliphatic heterocycles. The molecule has 0 aliphatic carbocycles. The number of likely N-dealkylation sites (tertiary alicyclic amines) is 1. The van der Waals surface area contributed by atoms with Gasteiger partial charge in [-0.1, -0.05) is 43.7 Å². The highest BCUT2D eigenvalue weighted by Gasteiger charge is 2.32. The molecule has 1 amide bonds.